The largest absolute Gasteiger partial charge is 0.507 e. The van der Waals surface area contributed by atoms with Crippen LogP contribution in [-0.4, -0.2) is 26.2 Å². The van der Waals surface area contributed by atoms with Crippen molar-refractivity contribution in [3.63, 3.8) is 0 Å². The van der Waals surface area contributed by atoms with E-state index < -0.39 is 5.56 Å². The first-order chi connectivity index (χ1) is 10.7. The molecule has 3 rings (SSSR count). The summed E-state index contributed by atoms with van der Waals surface area (Å²) in [7, 11) is 0. The molecule has 7 nitrogen and oxygen atoms in total. The number of benzene rings is 2. The van der Waals surface area contributed by atoms with Crippen molar-refractivity contribution in [2.75, 3.05) is 5.43 Å². The molecule has 7 heteroatoms. The summed E-state index contributed by atoms with van der Waals surface area (Å²) in [4.78, 5) is 16.1. The molecule has 0 saturated heterocycles. The number of anilines is 1. The number of nitrogens with zero attached hydrogens (tertiary/aromatic N) is 3. The molecule has 3 N–H and O–H groups in total. The SMILES string of the molecule is O=c1c2ccccc2nc(N/N=C/c2ccccc2O)n1O. The van der Waals surface area contributed by atoms with Crippen LogP contribution in [0.2, 0.25) is 0 Å². The molecule has 22 heavy (non-hydrogen) atoms. The van der Waals surface area contributed by atoms with E-state index in [1.165, 1.54) is 12.3 Å². The number of hydrogen-bond donors (Lipinski definition) is 3. The third kappa shape index (κ3) is 2.47. The van der Waals surface area contributed by atoms with Crippen molar-refractivity contribution in [1.29, 1.82) is 0 Å². The van der Waals surface area contributed by atoms with E-state index in [0.717, 1.165) is 0 Å². The second-order valence-electron chi connectivity index (χ2n) is 4.50. The molecule has 0 saturated carbocycles. The molecule has 1 aromatic heterocycles. The van der Waals surface area contributed by atoms with E-state index in [2.05, 4.69) is 15.5 Å². The average molecular weight is 296 g/mol. The highest BCUT2D eigenvalue weighted by atomic mass is 16.5. The molecule has 0 aliphatic heterocycles. The average Bonchev–Trinajstić information content (AvgIpc) is 2.54. The molecule has 0 bridgehead atoms. The number of fused-ring (bicyclic) bond motifs is 1. The fourth-order valence-corrected chi connectivity index (χ4v) is 1.95. The maximum Gasteiger partial charge on any atom is 0.295 e. The van der Waals surface area contributed by atoms with E-state index in [9.17, 15) is 15.1 Å². The zero-order valence-corrected chi connectivity index (χ0v) is 11.3. The van der Waals surface area contributed by atoms with Crippen LogP contribution in [0.4, 0.5) is 5.95 Å². The van der Waals surface area contributed by atoms with Gasteiger partial charge in [-0.2, -0.15) is 5.10 Å². The Kier molecular flexibility index (Phi) is 3.45. The van der Waals surface area contributed by atoms with E-state index in [4.69, 9.17) is 0 Å². The number of aromatic hydroxyl groups is 1. The highest BCUT2D eigenvalue weighted by molar-refractivity contribution is 5.83. The Bertz CT molecular complexity index is 918. The third-order valence-electron chi connectivity index (χ3n) is 3.06. The van der Waals surface area contributed by atoms with Crippen molar-refractivity contribution in [2.24, 2.45) is 5.10 Å². The van der Waals surface area contributed by atoms with Crippen molar-refractivity contribution in [3.8, 4) is 5.75 Å². The van der Waals surface area contributed by atoms with E-state index in [1.807, 2.05) is 0 Å². The van der Waals surface area contributed by atoms with Gasteiger partial charge in [-0.3, -0.25) is 4.79 Å². The predicted molar refractivity (Wildman–Crippen MR) is 82.5 cm³/mol. The molecule has 0 aliphatic rings. The van der Waals surface area contributed by atoms with Gasteiger partial charge in [0.1, 0.15) is 5.75 Å². The van der Waals surface area contributed by atoms with Gasteiger partial charge in [0.25, 0.3) is 11.5 Å². The lowest BCUT2D eigenvalue weighted by atomic mass is 10.2. The fraction of sp³-hybridized carbons (Fsp3) is 0. The summed E-state index contributed by atoms with van der Waals surface area (Å²) in [5, 5.41) is 23.6. The third-order valence-corrected chi connectivity index (χ3v) is 3.06. The molecule has 0 spiro atoms. The summed E-state index contributed by atoms with van der Waals surface area (Å²) in [6, 6.07) is 13.3. The Morgan fingerprint density at radius 3 is 2.68 bits per heavy atom. The zero-order chi connectivity index (χ0) is 15.5. The van der Waals surface area contributed by atoms with Crippen molar-refractivity contribution in [1.82, 2.24) is 9.71 Å². The normalized spacial score (nSPS) is 11.1. The van der Waals surface area contributed by atoms with Gasteiger partial charge in [0, 0.05) is 5.56 Å². The smallest absolute Gasteiger partial charge is 0.295 e. The van der Waals surface area contributed by atoms with E-state index in [0.29, 0.717) is 21.2 Å². The second-order valence-corrected chi connectivity index (χ2v) is 4.50. The summed E-state index contributed by atoms with van der Waals surface area (Å²) in [6.45, 7) is 0. The van der Waals surface area contributed by atoms with Gasteiger partial charge < -0.3 is 10.3 Å². The molecule has 0 fully saturated rings. The van der Waals surface area contributed by atoms with E-state index in [-0.39, 0.29) is 11.7 Å². The highest BCUT2D eigenvalue weighted by Gasteiger charge is 2.08. The number of phenolic OH excluding ortho intramolecular Hbond substituents is 1. The molecule has 0 radical (unpaired) electrons. The molecular formula is C15H12N4O3. The van der Waals surface area contributed by atoms with Crippen molar-refractivity contribution >= 4 is 23.1 Å². The van der Waals surface area contributed by atoms with E-state index in [1.54, 1.807) is 42.5 Å². The summed E-state index contributed by atoms with van der Waals surface area (Å²) in [6.07, 6.45) is 1.36. The van der Waals surface area contributed by atoms with Gasteiger partial charge in [-0.15, -0.1) is 4.73 Å². The van der Waals surface area contributed by atoms with Crippen LogP contribution < -0.4 is 11.0 Å². The van der Waals surface area contributed by atoms with Crippen molar-refractivity contribution < 1.29 is 10.3 Å². The van der Waals surface area contributed by atoms with Gasteiger partial charge in [-0.1, -0.05) is 24.3 Å². The van der Waals surface area contributed by atoms with Crippen LogP contribution >= 0.6 is 0 Å². The van der Waals surface area contributed by atoms with Crippen molar-refractivity contribution in [3.05, 3.63) is 64.4 Å². The molecule has 0 aliphatic carbocycles. The maximum atomic E-state index is 12.0. The lowest BCUT2D eigenvalue weighted by molar-refractivity contribution is 0.179. The summed E-state index contributed by atoms with van der Waals surface area (Å²) < 4.78 is 0.393. The van der Waals surface area contributed by atoms with Gasteiger partial charge in [0.2, 0.25) is 0 Å². The molecule has 0 atom stereocenters. The number of phenols is 1. The van der Waals surface area contributed by atoms with Crippen LogP contribution in [0.25, 0.3) is 10.9 Å². The first-order valence-corrected chi connectivity index (χ1v) is 6.45. The fourth-order valence-electron chi connectivity index (χ4n) is 1.95. The number of rotatable bonds is 3. The minimum atomic E-state index is -0.592. The lowest BCUT2D eigenvalue weighted by Crippen LogP contribution is -2.22. The molecule has 0 unspecified atom stereocenters. The van der Waals surface area contributed by atoms with Crippen LogP contribution in [0.15, 0.2) is 58.4 Å². The summed E-state index contributed by atoms with van der Waals surface area (Å²) in [5.74, 6) is -0.0451. The van der Waals surface area contributed by atoms with Gasteiger partial charge in [0.05, 0.1) is 17.1 Å². The number of para-hydroxylation sites is 2. The minimum absolute atomic E-state index is 0.0703. The highest BCUT2D eigenvalue weighted by Crippen LogP contribution is 2.13. The number of aromatic nitrogens is 2. The van der Waals surface area contributed by atoms with Crippen LogP contribution in [0.1, 0.15) is 5.56 Å². The number of hydrogen-bond acceptors (Lipinski definition) is 6. The lowest BCUT2D eigenvalue weighted by Gasteiger charge is -2.06. The van der Waals surface area contributed by atoms with Gasteiger partial charge in [0.15, 0.2) is 0 Å². The Labute approximate surface area is 124 Å². The van der Waals surface area contributed by atoms with Crippen molar-refractivity contribution in [2.45, 2.75) is 0 Å². The molecule has 0 amide bonds. The van der Waals surface area contributed by atoms with Crippen LogP contribution in [0.5, 0.6) is 5.75 Å². The Morgan fingerprint density at radius 2 is 1.86 bits per heavy atom. The minimum Gasteiger partial charge on any atom is -0.507 e. The molecule has 2 aromatic carbocycles. The maximum absolute atomic E-state index is 12.0. The zero-order valence-electron chi connectivity index (χ0n) is 11.3. The predicted octanol–water partition coefficient (Wildman–Crippen LogP) is 1.79. The van der Waals surface area contributed by atoms with E-state index >= 15 is 0 Å². The summed E-state index contributed by atoms with van der Waals surface area (Å²) in [5.41, 5.74) is 2.82. The van der Waals surface area contributed by atoms with Gasteiger partial charge in [-0.25, -0.2) is 10.4 Å². The Balaban J connectivity index is 1.93. The number of nitrogens with one attached hydrogen (secondary N) is 1. The Hall–Kier alpha value is -3.35. The monoisotopic (exact) mass is 296 g/mol. The topological polar surface area (TPSA) is 99.7 Å². The molecule has 1 heterocycles. The van der Waals surface area contributed by atoms with Crippen LogP contribution in [0.3, 0.4) is 0 Å². The van der Waals surface area contributed by atoms with Gasteiger partial charge in [-0.05, 0) is 24.3 Å². The quantitative estimate of drug-likeness (QED) is 0.389. The first-order valence-electron chi connectivity index (χ1n) is 6.45. The standard InChI is InChI=1S/C15H12N4O3/c20-13-8-4-1-5-10(13)9-16-18-15-17-12-7-3-2-6-11(12)14(21)19(15)22/h1-9,20,22H,(H,17,18)/b16-9+. The first kappa shape index (κ1) is 13.6. The second kappa shape index (κ2) is 5.57. The molecule has 110 valence electrons. The van der Waals surface area contributed by atoms with Crippen LogP contribution in [0, 0.1) is 0 Å². The summed E-state index contributed by atoms with van der Waals surface area (Å²) >= 11 is 0. The molecular weight excluding hydrogens is 284 g/mol. The Morgan fingerprint density at radius 1 is 1.14 bits per heavy atom. The number of hydrazone groups is 1. The molecule has 3 aromatic rings. The van der Waals surface area contributed by atoms with Gasteiger partial charge >= 0.3 is 0 Å². The van der Waals surface area contributed by atoms with Crippen LogP contribution in [-0.2, 0) is 0 Å².